The van der Waals surface area contributed by atoms with E-state index in [1.165, 1.54) is 44.1 Å². The highest BCUT2D eigenvalue weighted by atomic mass is 16.3. The summed E-state index contributed by atoms with van der Waals surface area (Å²) >= 11 is 0. The molecule has 0 aliphatic heterocycles. The van der Waals surface area contributed by atoms with Crippen molar-refractivity contribution in [3.05, 3.63) is 36.0 Å². The van der Waals surface area contributed by atoms with E-state index >= 15 is 0 Å². The predicted octanol–water partition coefficient (Wildman–Crippen LogP) is 7.72. The Balaban J connectivity index is 1.51. The fraction of sp³-hybridized carbons (Fsp3) is 0.793. The fourth-order valence-corrected chi connectivity index (χ4v) is 8.48. The molecule has 9 atom stereocenters. The topological polar surface area (TPSA) is 20.2 Å². The van der Waals surface area contributed by atoms with Gasteiger partial charge in [-0.2, -0.15) is 0 Å². The molecule has 0 saturated heterocycles. The summed E-state index contributed by atoms with van der Waals surface area (Å²) in [6.07, 6.45) is 18.6. The van der Waals surface area contributed by atoms with Crippen LogP contribution in [0, 0.1) is 46.3 Å². The van der Waals surface area contributed by atoms with E-state index in [1.807, 2.05) is 0 Å². The smallest absolute Gasteiger partial charge is 0.0577 e. The van der Waals surface area contributed by atoms with Gasteiger partial charge in [0.05, 0.1) is 6.10 Å². The van der Waals surface area contributed by atoms with Gasteiger partial charge in [-0.25, -0.2) is 0 Å². The minimum atomic E-state index is -0.0931. The van der Waals surface area contributed by atoms with E-state index in [1.54, 1.807) is 5.57 Å². The van der Waals surface area contributed by atoms with Crippen molar-refractivity contribution in [1.29, 1.82) is 0 Å². The molecule has 0 bridgehead atoms. The van der Waals surface area contributed by atoms with Crippen molar-refractivity contribution in [1.82, 2.24) is 0 Å². The first-order valence-corrected chi connectivity index (χ1v) is 12.9. The third kappa shape index (κ3) is 3.58. The quantitative estimate of drug-likeness (QED) is 0.460. The number of aliphatic hydroxyl groups is 1. The monoisotopic (exact) mass is 410 g/mol. The van der Waals surface area contributed by atoms with E-state index in [2.05, 4.69) is 59.4 Å². The van der Waals surface area contributed by atoms with Crippen LogP contribution in [0.4, 0.5) is 0 Å². The van der Waals surface area contributed by atoms with Gasteiger partial charge < -0.3 is 5.11 Å². The maximum atomic E-state index is 10.2. The van der Waals surface area contributed by atoms with Gasteiger partial charge in [-0.15, -0.1) is 0 Å². The first-order chi connectivity index (χ1) is 14.2. The van der Waals surface area contributed by atoms with Crippen LogP contribution in [-0.2, 0) is 0 Å². The average molecular weight is 411 g/mol. The molecule has 30 heavy (non-hydrogen) atoms. The average Bonchev–Trinajstić information content (AvgIpc) is 3.09. The molecule has 1 N–H and O–H groups in total. The molecule has 168 valence electrons. The normalized spacial score (nSPS) is 45.3. The number of aliphatic hydroxyl groups excluding tert-OH is 1. The number of rotatable bonds is 5. The van der Waals surface area contributed by atoms with Crippen LogP contribution in [0.3, 0.4) is 0 Å². The number of allylic oxidation sites excluding steroid dienone is 4. The standard InChI is InChI=1S/C29H46O/c1-7-19(2)20(3)8-9-21(4)25-12-13-26-24-11-10-22-18-23(30)14-16-28(22,5)27(24)15-17-29(25,26)6/h8-10,20-21,23-27,30H,2,7,11-18H2,1,3-6H3/b9-8+/t20-,21-,23+,24+,25-,26+,27+,28+,29-/m1/s1. The van der Waals surface area contributed by atoms with Crippen LogP contribution in [0.2, 0.25) is 0 Å². The Kier molecular flexibility index (Phi) is 6.17. The van der Waals surface area contributed by atoms with Gasteiger partial charge in [0.2, 0.25) is 0 Å². The largest absolute Gasteiger partial charge is 0.393 e. The summed E-state index contributed by atoms with van der Waals surface area (Å²) in [4.78, 5) is 0. The molecule has 1 heteroatoms. The Bertz CT molecular complexity index is 716. The van der Waals surface area contributed by atoms with Crippen LogP contribution >= 0.6 is 0 Å². The van der Waals surface area contributed by atoms with E-state index in [0.29, 0.717) is 22.7 Å². The SMILES string of the molecule is C=C(CC)[C@H](C)/C=C/[C@@H](C)[C@H]1CC[C@H]2[C@@H]3CC=C4C[C@@H](O)CC[C@]4(C)[C@H]3CC[C@]12C. The Labute approximate surface area is 186 Å². The molecular formula is C29H46O. The zero-order valence-corrected chi connectivity index (χ0v) is 20.3. The van der Waals surface area contributed by atoms with E-state index in [-0.39, 0.29) is 6.10 Å². The van der Waals surface area contributed by atoms with Crippen LogP contribution in [0.5, 0.6) is 0 Å². The van der Waals surface area contributed by atoms with Crippen molar-refractivity contribution >= 4 is 0 Å². The third-order valence-corrected chi connectivity index (χ3v) is 10.6. The maximum absolute atomic E-state index is 10.2. The van der Waals surface area contributed by atoms with E-state index < -0.39 is 0 Å². The summed E-state index contributed by atoms with van der Waals surface area (Å²) in [5.74, 6) is 4.60. The minimum Gasteiger partial charge on any atom is -0.393 e. The Morgan fingerprint density at radius 3 is 2.63 bits per heavy atom. The highest BCUT2D eigenvalue weighted by Gasteiger charge is 2.58. The number of hydrogen-bond acceptors (Lipinski definition) is 1. The second-order valence-corrected chi connectivity index (χ2v) is 11.9. The van der Waals surface area contributed by atoms with Crippen molar-refractivity contribution in [2.45, 2.75) is 98.5 Å². The van der Waals surface area contributed by atoms with Crippen molar-refractivity contribution in [3.8, 4) is 0 Å². The predicted molar refractivity (Wildman–Crippen MR) is 128 cm³/mol. The van der Waals surface area contributed by atoms with Crippen LogP contribution in [0.1, 0.15) is 92.4 Å². The lowest BCUT2D eigenvalue weighted by Gasteiger charge is -2.58. The zero-order chi connectivity index (χ0) is 21.7. The molecule has 4 aliphatic rings. The van der Waals surface area contributed by atoms with Crippen molar-refractivity contribution in [3.63, 3.8) is 0 Å². The lowest BCUT2D eigenvalue weighted by atomic mass is 9.47. The van der Waals surface area contributed by atoms with E-state index in [0.717, 1.165) is 42.9 Å². The summed E-state index contributed by atoms with van der Waals surface area (Å²) in [6, 6.07) is 0. The Hall–Kier alpha value is -0.820. The molecule has 0 aromatic carbocycles. The molecule has 1 nitrogen and oxygen atoms in total. The fourth-order valence-electron chi connectivity index (χ4n) is 8.48. The van der Waals surface area contributed by atoms with Gasteiger partial charge in [0.1, 0.15) is 0 Å². The van der Waals surface area contributed by atoms with Gasteiger partial charge in [0.15, 0.2) is 0 Å². The van der Waals surface area contributed by atoms with E-state index in [4.69, 9.17) is 0 Å². The number of fused-ring (bicyclic) bond motifs is 5. The molecule has 3 saturated carbocycles. The van der Waals surface area contributed by atoms with Crippen molar-refractivity contribution in [2.75, 3.05) is 0 Å². The Morgan fingerprint density at radius 1 is 1.13 bits per heavy atom. The van der Waals surface area contributed by atoms with Crippen LogP contribution < -0.4 is 0 Å². The Morgan fingerprint density at radius 2 is 1.90 bits per heavy atom. The second-order valence-electron chi connectivity index (χ2n) is 11.9. The third-order valence-electron chi connectivity index (χ3n) is 10.6. The minimum absolute atomic E-state index is 0.0931. The molecule has 3 fully saturated rings. The molecule has 0 aromatic rings. The van der Waals surface area contributed by atoms with Crippen LogP contribution in [0.15, 0.2) is 36.0 Å². The highest BCUT2D eigenvalue weighted by molar-refractivity contribution is 5.25. The summed E-state index contributed by atoms with van der Waals surface area (Å²) in [5, 5.41) is 10.2. The molecule has 0 amide bonds. The molecule has 0 heterocycles. The number of hydrogen-bond donors (Lipinski definition) is 1. The first-order valence-electron chi connectivity index (χ1n) is 12.9. The van der Waals surface area contributed by atoms with Crippen LogP contribution in [0.25, 0.3) is 0 Å². The van der Waals surface area contributed by atoms with E-state index in [9.17, 15) is 5.11 Å². The maximum Gasteiger partial charge on any atom is 0.0577 e. The van der Waals surface area contributed by atoms with Gasteiger partial charge in [-0.1, -0.05) is 70.6 Å². The molecule has 0 spiro atoms. The summed E-state index contributed by atoms with van der Waals surface area (Å²) in [5.41, 5.74) is 3.82. The van der Waals surface area contributed by atoms with Gasteiger partial charge in [-0.3, -0.25) is 0 Å². The summed E-state index contributed by atoms with van der Waals surface area (Å²) in [6.45, 7) is 16.4. The lowest BCUT2D eigenvalue weighted by Crippen LogP contribution is -2.50. The van der Waals surface area contributed by atoms with Gasteiger partial charge >= 0.3 is 0 Å². The zero-order valence-electron chi connectivity index (χ0n) is 20.3. The lowest BCUT2D eigenvalue weighted by molar-refractivity contribution is -0.0540. The summed E-state index contributed by atoms with van der Waals surface area (Å²) in [7, 11) is 0. The molecule has 0 unspecified atom stereocenters. The highest BCUT2D eigenvalue weighted by Crippen LogP contribution is 2.67. The molecule has 4 rings (SSSR count). The summed E-state index contributed by atoms with van der Waals surface area (Å²) < 4.78 is 0. The molecule has 0 aromatic heterocycles. The molecular weight excluding hydrogens is 364 g/mol. The first kappa shape index (κ1) is 22.4. The van der Waals surface area contributed by atoms with Gasteiger partial charge in [0, 0.05) is 0 Å². The van der Waals surface area contributed by atoms with Gasteiger partial charge in [-0.05, 0) is 104 Å². The molecule has 0 radical (unpaired) electrons. The van der Waals surface area contributed by atoms with Crippen molar-refractivity contribution < 1.29 is 5.11 Å². The van der Waals surface area contributed by atoms with Gasteiger partial charge in [0.25, 0.3) is 0 Å². The molecule has 4 aliphatic carbocycles. The van der Waals surface area contributed by atoms with Crippen molar-refractivity contribution in [2.24, 2.45) is 46.3 Å². The second kappa shape index (κ2) is 8.27. The van der Waals surface area contributed by atoms with Crippen LogP contribution in [-0.4, -0.2) is 11.2 Å².